The maximum atomic E-state index is 11.8. The predicted molar refractivity (Wildman–Crippen MR) is 60.0 cm³/mol. The van der Waals surface area contributed by atoms with E-state index < -0.39 is 5.97 Å². The Morgan fingerprint density at radius 3 is 2.53 bits per heavy atom. The van der Waals surface area contributed by atoms with Gasteiger partial charge < -0.3 is 15.1 Å². The Bertz CT molecular complexity index is 445. The van der Waals surface area contributed by atoms with Gasteiger partial charge in [-0.1, -0.05) is 0 Å². The first-order valence-corrected chi connectivity index (χ1v) is 5.04. The molecule has 0 spiro atoms. The van der Waals surface area contributed by atoms with Gasteiger partial charge >= 0.3 is 5.97 Å². The highest BCUT2D eigenvalue weighted by molar-refractivity contribution is 5.94. The number of aromatic nitrogens is 1. The number of pyridine rings is 1. The van der Waals surface area contributed by atoms with Gasteiger partial charge in [-0.05, 0) is 19.1 Å². The molecular weight excluding hydrogens is 224 g/mol. The molecule has 0 fully saturated rings. The summed E-state index contributed by atoms with van der Waals surface area (Å²) in [4.78, 5) is 27.8. The van der Waals surface area contributed by atoms with Crippen LogP contribution in [-0.2, 0) is 0 Å². The predicted octanol–water partition coefficient (Wildman–Crippen LogP) is 0.153. The zero-order valence-electron chi connectivity index (χ0n) is 9.67. The minimum atomic E-state index is -1.07. The van der Waals surface area contributed by atoms with E-state index in [2.05, 4.69) is 4.98 Å². The number of carboxylic acid groups (broad SMARTS) is 1. The number of carbonyl (C=O) groups is 2. The number of carbonyl (C=O) groups excluding carboxylic acids is 1. The van der Waals surface area contributed by atoms with Crippen molar-refractivity contribution in [3.63, 3.8) is 0 Å². The van der Waals surface area contributed by atoms with Crippen molar-refractivity contribution in [2.24, 2.45) is 0 Å². The normalized spacial score (nSPS) is 10.1. The van der Waals surface area contributed by atoms with Gasteiger partial charge in [-0.2, -0.15) is 0 Å². The molecule has 17 heavy (non-hydrogen) atoms. The van der Waals surface area contributed by atoms with Crippen LogP contribution in [0.2, 0.25) is 0 Å². The van der Waals surface area contributed by atoms with Crippen LogP contribution in [0.3, 0.4) is 0 Å². The molecular formula is C11H14N2O4. The Kier molecular flexibility index (Phi) is 4.17. The van der Waals surface area contributed by atoms with Crippen LogP contribution in [0.25, 0.3) is 0 Å². The first-order chi connectivity index (χ1) is 7.97. The number of nitrogens with zero attached hydrogens (tertiary/aromatic N) is 2. The SMILES string of the molecule is Cc1nc(C(=O)N(C)CCO)ccc1C(=O)O. The van der Waals surface area contributed by atoms with Gasteiger partial charge in [0.05, 0.1) is 17.9 Å². The number of carboxylic acids is 1. The van der Waals surface area contributed by atoms with E-state index in [1.165, 1.54) is 24.0 Å². The van der Waals surface area contributed by atoms with Crippen LogP contribution in [0.5, 0.6) is 0 Å². The maximum Gasteiger partial charge on any atom is 0.337 e. The molecule has 0 atom stereocenters. The summed E-state index contributed by atoms with van der Waals surface area (Å²) in [5.41, 5.74) is 0.538. The fourth-order valence-corrected chi connectivity index (χ4v) is 1.35. The molecule has 0 aliphatic rings. The number of likely N-dealkylation sites (N-methyl/N-ethyl adjacent to an activating group) is 1. The molecule has 1 heterocycles. The molecule has 1 amide bonds. The number of amides is 1. The fourth-order valence-electron chi connectivity index (χ4n) is 1.35. The van der Waals surface area contributed by atoms with Crippen molar-refractivity contribution in [1.29, 1.82) is 0 Å². The van der Waals surface area contributed by atoms with Gasteiger partial charge in [0.2, 0.25) is 0 Å². The molecule has 0 radical (unpaired) electrons. The first kappa shape index (κ1) is 13.1. The number of aliphatic hydroxyl groups excluding tert-OH is 1. The molecule has 0 aliphatic heterocycles. The summed E-state index contributed by atoms with van der Waals surface area (Å²) in [7, 11) is 1.54. The summed E-state index contributed by atoms with van der Waals surface area (Å²) in [5, 5.41) is 17.5. The summed E-state index contributed by atoms with van der Waals surface area (Å²) in [6, 6.07) is 2.72. The van der Waals surface area contributed by atoms with Crippen LogP contribution >= 0.6 is 0 Å². The van der Waals surface area contributed by atoms with Crippen molar-refractivity contribution in [1.82, 2.24) is 9.88 Å². The summed E-state index contributed by atoms with van der Waals surface area (Å²) in [6.45, 7) is 1.61. The Hall–Kier alpha value is -1.95. The van der Waals surface area contributed by atoms with Gasteiger partial charge in [0, 0.05) is 13.6 Å². The topological polar surface area (TPSA) is 90.7 Å². The molecule has 2 N–H and O–H groups in total. The van der Waals surface area contributed by atoms with E-state index in [0.29, 0.717) is 5.69 Å². The minimum absolute atomic E-state index is 0.0753. The van der Waals surface area contributed by atoms with Crippen molar-refractivity contribution in [3.05, 3.63) is 29.1 Å². The van der Waals surface area contributed by atoms with Crippen molar-refractivity contribution in [3.8, 4) is 0 Å². The van der Waals surface area contributed by atoms with Gasteiger partial charge in [0.15, 0.2) is 0 Å². The second-order valence-electron chi connectivity index (χ2n) is 3.58. The number of aliphatic hydroxyl groups is 1. The van der Waals surface area contributed by atoms with Gasteiger partial charge in [0.25, 0.3) is 5.91 Å². The molecule has 0 saturated carbocycles. The molecule has 0 unspecified atom stereocenters. The van der Waals surface area contributed by atoms with E-state index in [9.17, 15) is 9.59 Å². The minimum Gasteiger partial charge on any atom is -0.478 e. The lowest BCUT2D eigenvalue weighted by Crippen LogP contribution is -2.30. The van der Waals surface area contributed by atoms with Crippen molar-refractivity contribution in [2.45, 2.75) is 6.92 Å². The summed E-state index contributed by atoms with van der Waals surface area (Å²) >= 11 is 0. The summed E-state index contributed by atoms with van der Waals surface area (Å²) in [5.74, 6) is -1.42. The largest absolute Gasteiger partial charge is 0.478 e. The third-order valence-electron chi connectivity index (χ3n) is 2.32. The van der Waals surface area contributed by atoms with E-state index in [-0.39, 0.29) is 30.3 Å². The summed E-state index contributed by atoms with van der Waals surface area (Å²) < 4.78 is 0. The standard InChI is InChI=1S/C11H14N2O4/c1-7-8(11(16)17)3-4-9(12-7)10(15)13(2)5-6-14/h3-4,14H,5-6H2,1-2H3,(H,16,17). The molecule has 92 valence electrons. The maximum absolute atomic E-state index is 11.8. The Labute approximate surface area is 98.5 Å². The lowest BCUT2D eigenvalue weighted by atomic mass is 10.2. The average molecular weight is 238 g/mol. The van der Waals surface area contributed by atoms with Gasteiger partial charge in [-0.25, -0.2) is 9.78 Å². The van der Waals surface area contributed by atoms with Gasteiger partial charge in [-0.3, -0.25) is 4.79 Å². The molecule has 1 aromatic rings. The first-order valence-electron chi connectivity index (χ1n) is 5.04. The van der Waals surface area contributed by atoms with Crippen molar-refractivity contribution >= 4 is 11.9 Å². The quantitative estimate of drug-likeness (QED) is 0.779. The van der Waals surface area contributed by atoms with E-state index in [0.717, 1.165) is 0 Å². The summed E-state index contributed by atoms with van der Waals surface area (Å²) in [6.07, 6.45) is 0. The Balaban J connectivity index is 2.97. The highest BCUT2D eigenvalue weighted by atomic mass is 16.4. The highest BCUT2D eigenvalue weighted by Crippen LogP contribution is 2.08. The smallest absolute Gasteiger partial charge is 0.337 e. The van der Waals surface area contributed by atoms with Crippen molar-refractivity contribution in [2.75, 3.05) is 20.2 Å². The third-order valence-corrected chi connectivity index (χ3v) is 2.32. The zero-order valence-corrected chi connectivity index (χ0v) is 9.67. The van der Waals surface area contributed by atoms with E-state index >= 15 is 0 Å². The number of hydrogen-bond donors (Lipinski definition) is 2. The van der Waals surface area contributed by atoms with Crippen LogP contribution in [0.1, 0.15) is 26.5 Å². The van der Waals surface area contributed by atoms with Crippen LogP contribution < -0.4 is 0 Å². The molecule has 6 nitrogen and oxygen atoms in total. The number of rotatable bonds is 4. The fraction of sp³-hybridized carbons (Fsp3) is 0.364. The Morgan fingerprint density at radius 1 is 1.41 bits per heavy atom. The van der Waals surface area contributed by atoms with Crippen LogP contribution in [0, 0.1) is 6.92 Å². The van der Waals surface area contributed by atoms with E-state index in [1.54, 1.807) is 7.05 Å². The molecule has 0 aromatic carbocycles. The van der Waals surface area contributed by atoms with Gasteiger partial charge in [0.1, 0.15) is 5.69 Å². The molecule has 0 aliphatic carbocycles. The molecule has 1 rings (SSSR count). The highest BCUT2D eigenvalue weighted by Gasteiger charge is 2.15. The number of hydrogen-bond acceptors (Lipinski definition) is 4. The number of aryl methyl sites for hydroxylation is 1. The zero-order chi connectivity index (χ0) is 13.0. The monoisotopic (exact) mass is 238 g/mol. The molecule has 0 saturated heterocycles. The van der Waals surface area contributed by atoms with Crippen LogP contribution in [0.15, 0.2) is 12.1 Å². The third kappa shape index (κ3) is 3.01. The average Bonchev–Trinajstić information content (AvgIpc) is 2.27. The second-order valence-corrected chi connectivity index (χ2v) is 3.58. The molecule has 6 heteroatoms. The van der Waals surface area contributed by atoms with E-state index in [1.807, 2.05) is 0 Å². The molecule has 0 bridgehead atoms. The lowest BCUT2D eigenvalue weighted by molar-refractivity contribution is 0.0692. The molecule has 1 aromatic heterocycles. The van der Waals surface area contributed by atoms with Crippen molar-refractivity contribution < 1.29 is 19.8 Å². The Morgan fingerprint density at radius 2 is 2.06 bits per heavy atom. The second kappa shape index (κ2) is 5.40. The van der Waals surface area contributed by atoms with E-state index in [4.69, 9.17) is 10.2 Å². The number of aromatic carboxylic acids is 1. The van der Waals surface area contributed by atoms with Crippen LogP contribution in [0.4, 0.5) is 0 Å². The van der Waals surface area contributed by atoms with Crippen LogP contribution in [-0.4, -0.2) is 52.2 Å². The lowest BCUT2D eigenvalue weighted by Gasteiger charge is -2.15. The van der Waals surface area contributed by atoms with Gasteiger partial charge in [-0.15, -0.1) is 0 Å².